The zero-order chi connectivity index (χ0) is 15.4. The quantitative estimate of drug-likeness (QED) is 0.802. The molecule has 2 rings (SSSR count). The Hall–Kier alpha value is -1.04. The number of benzene rings is 1. The summed E-state index contributed by atoms with van der Waals surface area (Å²) in [6.07, 6.45) is 2.44. The van der Waals surface area contributed by atoms with Crippen molar-refractivity contribution in [3.05, 3.63) is 35.4 Å². The third-order valence-electron chi connectivity index (χ3n) is 4.33. The number of rotatable bonds is 8. The van der Waals surface area contributed by atoms with Crippen molar-refractivity contribution in [2.24, 2.45) is 11.7 Å². The fourth-order valence-corrected chi connectivity index (χ4v) is 2.87. The summed E-state index contributed by atoms with van der Waals surface area (Å²) in [5.74, 6) is -0.980. The van der Waals surface area contributed by atoms with Crippen LogP contribution in [0.1, 0.15) is 31.4 Å². The molecule has 21 heavy (non-hydrogen) atoms. The van der Waals surface area contributed by atoms with Crippen LogP contribution in [0.25, 0.3) is 0 Å². The van der Waals surface area contributed by atoms with Crippen molar-refractivity contribution in [2.75, 3.05) is 26.8 Å². The van der Waals surface area contributed by atoms with Gasteiger partial charge >= 0.3 is 0 Å². The van der Waals surface area contributed by atoms with Crippen molar-refractivity contribution in [2.45, 2.75) is 31.8 Å². The van der Waals surface area contributed by atoms with E-state index in [4.69, 9.17) is 10.5 Å². The molecule has 2 N–H and O–H groups in total. The Kier molecular flexibility index (Phi) is 5.67. The predicted molar refractivity (Wildman–Crippen MR) is 78.9 cm³/mol. The SMILES string of the molecule is COCCN(C(CN)c1ccc(F)c(F)c1)C(C)C1CC1. The number of methoxy groups -OCH3 is 1. The highest BCUT2D eigenvalue weighted by atomic mass is 19.2. The number of hydrogen-bond acceptors (Lipinski definition) is 3. The van der Waals surface area contributed by atoms with Gasteiger partial charge in [-0.3, -0.25) is 4.90 Å². The fourth-order valence-electron chi connectivity index (χ4n) is 2.87. The normalized spacial score (nSPS) is 18.0. The van der Waals surface area contributed by atoms with Crippen LogP contribution in [-0.4, -0.2) is 37.7 Å². The molecule has 3 nitrogen and oxygen atoms in total. The first kappa shape index (κ1) is 16.3. The lowest BCUT2D eigenvalue weighted by Crippen LogP contribution is -2.43. The van der Waals surface area contributed by atoms with Crippen LogP contribution in [0.4, 0.5) is 8.78 Å². The van der Waals surface area contributed by atoms with Crippen LogP contribution in [0.5, 0.6) is 0 Å². The summed E-state index contributed by atoms with van der Waals surface area (Å²) in [5.41, 5.74) is 6.65. The van der Waals surface area contributed by atoms with Gasteiger partial charge in [-0.15, -0.1) is 0 Å². The summed E-state index contributed by atoms with van der Waals surface area (Å²) < 4.78 is 31.8. The highest BCUT2D eigenvalue weighted by molar-refractivity contribution is 5.22. The van der Waals surface area contributed by atoms with E-state index in [1.807, 2.05) is 0 Å². The van der Waals surface area contributed by atoms with E-state index in [2.05, 4.69) is 11.8 Å². The second-order valence-corrected chi connectivity index (χ2v) is 5.73. The van der Waals surface area contributed by atoms with Gasteiger partial charge in [-0.25, -0.2) is 8.78 Å². The number of halogens is 2. The van der Waals surface area contributed by atoms with Gasteiger partial charge in [-0.05, 0) is 43.4 Å². The van der Waals surface area contributed by atoms with E-state index >= 15 is 0 Å². The minimum absolute atomic E-state index is 0.120. The first-order valence-electron chi connectivity index (χ1n) is 7.48. The molecule has 0 spiro atoms. The van der Waals surface area contributed by atoms with Crippen LogP contribution in [0.15, 0.2) is 18.2 Å². The fraction of sp³-hybridized carbons (Fsp3) is 0.625. The molecular formula is C16H24F2N2O. The maximum atomic E-state index is 13.5. The molecule has 1 aliphatic carbocycles. The molecule has 2 unspecified atom stereocenters. The predicted octanol–water partition coefficient (Wildman–Crippen LogP) is 2.71. The van der Waals surface area contributed by atoms with Gasteiger partial charge in [0, 0.05) is 32.3 Å². The number of nitrogens with two attached hydrogens (primary N) is 1. The van der Waals surface area contributed by atoms with Crippen molar-refractivity contribution in [1.82, 2.24) is 4.90 Å². The molecule has 1 saturated carbocycles. The van der Waals surface area contributed by atoms with E-state index < -0.39 is 11.6 Å². The number of hydrogen-bond donors (Lipinski definition) is 1. The molecule has 0 aliphatic heterocycles. The molecule has 1 fully saturated rings. The van der Waals surface area contributed by atoms with Crippen molar-refractivity contribution in [3.63, 3.8) is 0 Å². The Balaban J connectivity index is 2.22. The molecule has 0 saturated heterocycles. The zero-order valence-corrected chi connectivity index (χ0v) is 12.7. The summed E-state index contributed by atoms with van der Waals surface area (Å²) in [6.45, 7) is 3.87. The second-order valence-electron chi connectivity index (χ2n) is 5.73. The van der Waals surface area contributed by atoms with E-state index in [0.717, 1.165) is 12.1 Å². The molecule has 2 atom stereocenters. The van der Waals surface area contributed by atoms with Crippen molar-refractivity contribution in [1.29, 1.82) is 0 Å². The van der Waals surface area contributed by atoms with E-state index in [9.17, 15) is 8.78 Å². The standard InChI is InChI=1S/C16H24F2N2O/c1-11(12-3-4-12)20(7-8-21-2)16(10-19)13-5-6-14(17)15(18)9-13/h5-6,9,11-12,16H,3-4,7-8,10,19H2,1-2H3. The highest BCUT2D eigenvalue weighted by Crippen LogP contribution is 2.38. The molecule has 0 amide bonds. The maximum absolute atomic E-state index is 13.5. The Morgan fingerprint density at radius 2 is 2.05 bits per heavy atom. The van der Waals surface area contributed by atoms with Crippen molar-refractivity contribution in [3.8, 4) is 0 Å². The Labute approximate surface area is 125 Å². The molecule has 5 heteroatoms. The van der Waals surface area contributed by atoms with Gasteiger partial charge in [0.05, 0.1) is 6.61 Å². The Morgan fingerprint density at radius 3 is 2.57 bits per heavy atom. The van der Waals surface area contributed by atoms with Gasteiger partial charge in [0.15, 0.2) is 11.6 Å². The molecule has 0 heterocycles. The van der Waals surface area contributed by atoms with E-state index in [1.54, 1.807) is 13.2 Å². The third-order valence-corrected chi connectivity index (χ3v) is 4.33. The number of nitrogens with zero attached hydrogens (tertiary/aromatic N) is 1. The average molecular weight is 298 g/mol. The smallest absolute Gasteiger partial charge is 0.159 e. The molecule has 0 radical (unpaired) electrons. The van der Waals surface area contributed by atoms with Crippen LogP contribution in [0.2, 0.25) is 0 Å². The lowest BCUT2D eigenvalue weighted by Gasteiger charge is -2.36. The summed E-state index contributed by atoms with van der Waals surface area (Å²) in [7, 11) is 1.66. The van der Waals surface area contributed by atoms with Gasteiger partial charge in [0.25, 0.3) is 0 Å². The van der Waals surface area contributed by atoms with Crippen molar-refractivity contribution >= 4 is 0 Å². The van der Waals surface area contributed by atoms with Crippen LogP contribution < -0.4 is 5.73 Å². The summed E-state index contributed by atoms with van der Waals surface area (Å²) >= 11 is 0. The Morgan fingerprint density at radius 1 is 1.33 bits per heavy atom. The maximum Gasteiger partial charge on any atom is 0.159 e. The highest BCUT2D eigenvalue weighted by Gasteiger charge is 2.35. The van der Waals surface area contributed by atoms with Gasteiger partial charge in [0.1, 0.15) is 0 Å². The lowest BCUT2D eigenvalue weighted by molar-refractivity contribution is 0.0833. The van der Waals surface area contributed by atoms with E-state index in [0.29, 0.717) is 25.1 Å². The minimum Gasteiger partial charge on any atom is -0.383 e. The van der Waals surface area contributed by atoms with Crippen LogP contribution in [0.3, 0.4) is 0 Å². The molecular weight excluding hydrogens is 274 g/mol. The van der Waals surface area contributed by atoms with Crippen molar-refractivity contribution < 1.29 is 13.5 Å². The molecule has 1 aliphatic rings. The molecule has 1 aromatic rings. The first-order valence-corrected chi connectivity index (χ1v) is 7.48. The van der Waals surface area contributed by atoms with Crippen LogP contribution >= 0.6 is 0 Å². The lowest BCUT2D eigenvalue weighted by atomic mass is 10.0. The molecule has 0 bridgehead atoms. The Bertz CT molecular complexity index is 466. The van der Waals surface area contributed by atoms with Gasteiger partial charge in [-0.2, -0.15) is 0 Å². The van der Waals surface area contributed by atoms with Gasteiger partial charge in [0.2, 0.25) is 0 Å². The van der Waals surface area contributed by atoms with Gasteiger partial charge < -0.3 is 10.5 Å². The first-order chi connectivity index (χ1) is 10.1. The van der Waals surface area contributed by atoms with Gasteiger partial charge in [-0.1, -0.05) is 6.07 Å². The second kappa shape index (κ2) is 7.29. The third kappa shape index (κ3) is 3.99. The molecule has 1 aromatic carbocycles. The van der Waals surface area contributed by atoms with Crippen LogP contribution in [-0.2, 0) is 4.74 Å². The average Bonchev–Trinajstić information content (AvgIpc) is 3.30. The summed E-state index contributed by atoms with van der Waals surface area (Å²) in [4.78, 5) is 2.26. The summed E-state index contributed by atoms with van der Waals surface area (Å²) in [6, 6.07) is 4.29. The van der Waals surface area contributed by atoms with E-state index in [1.165, 1.54) is 25.0 Å². The topological polar surface area (TPSA) is 38.5 Å². The summed E-state index contributed by atoms with van der Waals surface area (Å²) in [5, 5.41) is 0. The molecule has 0 aromatic heterocycles. The number of ether oxygens (including phenoxy) is 1. The molecule has 118 valence electrons. The monoisotopic (exact) mass is 298 g/mol. The minimum atomic E-state index is -0.826. The van der Waals surface area contributed by atoms with Crippen LogP contribution in [0, 0.1) is 17.6 Å². The largest absolute Gasteiger partial charge is 0.383 e. The van der Waals surface area contributed by atoms with E-state index in [-0.39, 0.29) is 6.04 Å². The zero-order valence-electron chi connectivity index (χ0n) is 12.7.